The smallest absolute Gasteiger partial charge is 0.264 e. The summed E-state index contributed by atoms with van der Waals surface area (Å²) in [6.07, 6.45) is 0. The van der Waals surface area contributed by atoms with Gasteiger partial charge in [0.1, 0.15) is 11.6 Å². The van der Waals surface area contributed by atoms with Gasteiger partial charge in [-0.1, -0.05) is 6.07 Å². The lowest BCUT2D eigenvalue weighted by atomic mass is 10.2. The van der Waals surface area contributed by atoms with Crippen LogP contribution in [-0.4, -0.2) is 54.3 Å². The number of thiophene rings is 1. The second kappa shape index (κ2) is 7.60. The van der Waals surface area contributed by atoms with E-state index < -0.39 is 11.6 Å². The SMILES string of the molecule is O=C(CNc1cc(F)cc(F)c1)N1CCN(C(=O)c2cccs2)CC1. The Morgan fingerprint density at radius 1 is 1.04 bits per heavy atom. The van der Waals surface area contributed by atoms with E-state index in [1.54, 1.807) is 15.9 Å². The third kappa shape index (κ3) is 4.33. The first-order valence-electron chi connectivity index (χ1n) is 7.83. The van der Waals surface area contributed by atoms with Crippen LogP contribution in [0.1, 0.15) is 9.67 Å². The van der Waals surface area contributed by atoms with E-state index in [0.29, 0.717) is 31.1 Å². The van der Waals surface area contributed by atoms with Crippen molar-refractivity contribution in [2.24, 2.45) is 0 Å². The third-order valence-corrected chi connectivity index (χ3v) is 4.82. The van der Waals surface area contributed by atoms with Crippen LogP contribution in [0, 0.1) is 11.6 Å². The van der Waals surface area contributed by atoms with E-state index in [0.717, 1.165) is 18.2 Å². The number of carbonyl (C=O) groups excluding carboxylic acids is 2. The van der Waals surface area contributed by atoms with Crippen LogP contribution in [0.25, 0.3) is 0 Å². The Morgan fingerprint density at radius 2 is 1.68 bits per heavy atom. The molecule has 0 bridgehead atoms. The zero-order valence-corrected chi connectivity index (χ0v) is 14.2. The summed E-state index contributed by atoms with van der Waals surface area (Å²) in [5, 5.41) is 4.58. The molecule has 1 fully saturated rings. The van der Waals surface area contributed by atoms with Crippen LogP contribution in [0.2, 0.25) is 0 Å². The van der Waals surface area contributed by atoms with Gasteiger partial charge in [-0.15, -0.1) is 11.3 Å². The van der Waals surface area contributed by atoms with Crippen LogP contribution in [0.5, 0.6) is 0 Å². The number of benzene rings is 1. The standard InChI is InChI=1S/C17H17F2N3O2S/c18-12-8-13(19)10-14(9-12)20-11-16(23)21-3-5-22(6-4-21)17(24)15-2-1-7-25-15/h1-2,7-10,20H,3-6,11H2. The van der Waals surface area contributed by atoms with E-state index in [1.165, 1.54) is 11.3 Å². The van der Waals surface area contributed by atoms with Crippen molar-refractivity contribution in [3.8, 4) is 0 Å². The van der Waals surface area contributed by atoms with Crippen molar-refractivity contribution in [2.45, 2.75) is 0 Å². The van der Waals surface area contributed by atoms with Crippen LogP contribution in [0.3, 0.4) is 0 Å². The minimum Gasteiger partial charge on any atom is -0.376 e. The highest BCUT2D eigenvalue weighted by Crippen LogP contribution is 2.15. The second-order valence-electron chi connectivity index (χ2n) is 5.66. The Morgan fingerprint density at radius 3 is 2.28 bits per heavy atom. The molecular weight excluding hydrogens is 348 g/mol. The van der Waals surface area contributed by atoms with Gasteiger partial charge in [-0.05, 0) is 23.6 Å². The van der Waals surface area contributed by atoms with Gasteiger partial charge in [-0.3, -0.25) is 9.59 Å². The molecule has 5 nitrogen and oxygen atoms in total. The molecule has 1 aliphatic heterocycles. The lowest BCUT2D eigenvalue weighted by Gasteiger charge is -2.34. The number of anilines is 1. The first kappa shape index (κ1) is 17.3. The second-order valence-corrected chi connectivity index (χ2v) is 6.61. The summed E-state index contributed by atoms with van der Waals surface area (Å²) in [5.41, 5.74) is 0.220. The topological polar surface area (TPSA) is 52.7 Å². The number of rotatable bonds is 4. The Labute approximate surface area is 147 Å². The van der Waals surface area contributed by atoms with E-state index >= 15 is 0 Å². The molecule has 2 amide bonds. The van der Waals surface area contributed by atoms with Crippen LogP contribution in [0.4, 0.5) is 14.5 Å². The molecule has 1 saturated heterocycles. The average molecular weight is 365 g/mol. The van der Waals surface area contributed by atoms with Crippen molar-refractivity contribution < 1.29 is 18.4 Å². The molecule has 1 aromatic carbocycles. The van der Waals surface area contributed by atoms with Crippen molar-refractivity contribution in [3.63, 3.8) is 0 Å². The van der Waals surface area contributed by atoms with Gasteiger partial charge in [0, 0.05) is 37.9 Å². The van der Waals surface area contributed by atoms with Gasteiger partial charge in [0.2, 0.25) is 5.91 Å². The van der Waals surface area contributed by atoms with E-state index in [9.17, 15) is 18.4 Å². The molecule has 3 rings (SSSR count). The Balaban J connectivity index is 1.49. The van der Waals surface area contributed by atoms with E-state index in [4.69, 9.17) is 0 Å². The summed E-state index contributed by atoms with van der Waals surface area (Å²) in [7, 11) is 0. The molecule has 2 aromatic rings. The van der Waals surface area contributed by atoms with Gasteiger partial charge in [0.05, 0.1) is 11.4 Å². The van der Waals surface area contributed by atoms with Gasteiger partial charge >= 0.3 is 0 Å². The number of amides is 2. The van der Waals surface area contributed by atoms with E-state index in [-0.39, 0.29) is 24.0 Å². The quantitative estimate of drug-likeness (QED) is 0.905. The van der Waals surface area contributed by atoms with Gasteiger partial charge in [0.25, 0.3) is 5.91 Å². The summed E-state index contributed by atoms with van der Waals surface area (Å²) in [6.45, 7) is 1.76. The van der Waals surface area contributed by atoms with Crippen LogP contribution in [-0.2, 0) is 4.79 Å². The number of carbonyl (C=O) groups is 2. The minimum atomic E-state index is -0.698. The molecule has 2 heterocycles. The Kier molecular flexibility index (Phi) is 5.28. The van der Waals surface area contributed by atoms with Crippen LogP contribution >= 0.6 is 11.3 Å². The van der Waals surface area contributed by atoms with Crippen molar-refractivity contribution in [2.75, 3.05) is 38.0 Å². The number of nitrogens with zero attached hydrogens (tertiary/aromatic N) is 2. The molecule has 1 aliphatic rings. The summed E-state index contributed by atoms with van der Waals surface area (Å²) >= 11 is 1.40. The highest BCUT2D eigenvalue weighted by Gasteiger charge is 2.25. The molecular formula is C17H17F2N3O2S. The molecule has 0 saturated carbocycles. The zero-order valence-electron chi connectivity index (χ0n) is 13.4. The van der Waals surface area contributed by atoms with Crippen LogP contribution < -0.4 is 5.32 Å². The highest BCUT2D eigenvalue weighted by molar-refractivity contribution is 7.12. The molecule has 1 aromatic heterocycles. The maximum Gasteiger partial charge on any atom is 0.264 e. The first-order chi connectivity index (χ1) is 12.0. The lowest BCUT2D eigenvalue weighted by molar-refractivity contribution is -0.130. The van der Waals surface area contributed by atoms with Crippen molar-refractivity contribution in [1.82, 2.24) is 9.80 Å². The largest absolute Gasteiger partial charge is 0.376 e. The Bertz CT molecular complexity index is 739. The number of piperazine rings is 1. The normalized spacial score (nSPS) is 14.5. The fourth-order valence-electron chi connectivity index (χ4n) is 2.66. The predicted octanol–water partition coefficient (Wildman–Crippen LogP) is 2.42. The number of hydrogen-bond donors (Lipinski definition) is 1. The molecule has 8 heteroatoms. The van der Waals surface area contributed by atoms with Crippen molar-refractivity contribution >= 4 is 28.8 Å². The third-order valence-electron chi connectivity index (χ3n) is 3.96. The van der Waals surface area contributed by atoms with E-state index in [2.05, 4.69) is 5.32 Å². The predicted molar refractivity (Wildman–Crippen MR) is 91.7 cm³/mol. The molecule has 1 N–H and O–H groups in total. The van der Waals surface area contributed by atoms with E-state index in [1.807, 2.05) is 11.4 Å². The molecule has 0 unspecified atom stereocenters. The van der Waals surface area contributed by atoms with Gasteiger partial charge in [0.15, 0.2) is 0 Å². The van der Waals surface area contributed by atoms with Gasteiger partial charge in [-0.2, -0.15) is 0 Å². The number of nitrogens with one attached hydrogen (secondary N) is 1. The summed E-state index contributed by atoms with van der Waals surface area (Å²) in [4.78, 5) is 28.5. The maximum atomic E-state index is 13.1. The highest BCUT2D eigenvalue weighted by atomic mass is 32.1. The molecule has 132 valence electrons. The van der Waals surface area contributed by atoms with Gasteiger partial charge in [-0.25, -0.2) is 8.78 Å². The maximum absolute atomic E-state index is 13.1. The molecule has 0 radical (unpaired) electrons. The van der Waals surface area contributed by atoms with Gasteiger partial charge < -0.3 is 15.1 Å². The molecule has 0 aliphatic carbocycles. The van der Waals surface area contributed by atoms with Crippen LogP contribution in [0.15, 0.2) is 35.7 Å². The monoisotopic (exact) mass is 365 g/mol. The fourth-order valence-corrected chi connectivity index (χ4v) is 3.35. The summed E-state index contributed by atoms with van der Waals surface area (Å²) in [6, 6.07) is 6.66. The fraction of sp³-hybridized carbons (Fsp3) is 0.294. The number of hydrogen-bond acceptors (Lipinski definition) is 4. The average Bonchev–Trinajstić information content (AvgIpc) is 3.13. The molecule has 25 heavy (non-hydrogen) atoms. The number of halogens is 2. The molecule has 0 spiro atoms. The lowest BCUT2D eigenvalue weighted by Crippen LogP contribution is -2.51. The molecule has 0 atom stereocenters. The summed E-state index contributed by atoms with van der Waals surface area (Å²) in [5.74, 6) is -1.59. The first-order valence-corrected chi connectivity index (χ1v) is 8.71. The van der Waals surface area contributed by atoms with Crippen molar-refractivity contribution in [1.29, 1.82) is 0 Å². The Hall–Kier alpha value is -2.48. The zero-order chi connectivity index (χ0) is 17.8. The minimum absolute atomic E-state index is 0.0181. The summed E-state index contributed by atoms with van der Waals surface area (Å²) < 4.78 is 26.3. The van der Waals surface area contributed by atoms with Crippen molar-refractivity contribution in [3.05, 3.63) is 52.2 Å².